The van der Waals surface area contributed by atoms with Crippen molar-refractivity contribution in [3.8, 4) is 5.75 Å². The second-order valence-corrected chi connectivity index (χ2v) is 3.33. The highest BCUT2D eigenvalue weighted by atomic mass is 19.1. The zero-order chi connectivity index (χ0) is 11.4. The summed E-state index contributed by atoms with van der Waals surface area (Å²) in [5.41, 5.74) is 1.10. The van der Waals surface area contributed by atoms with Crippen molar-refractivity contribution in [2.75, 3.05) is 0 Å². The molecule has 1 aromatic carbocycles. The molecule has 2 rings (SSSR count). The van der Waals surface area contributed by atoms with E-state index in [4.69, 9.17) is 12.6 Å². The van der Waals surface area contributed by atoms with Gasteiger partial charge in [0.05, 0.1) is 0 Å². The number of hydrogen-bond donors (Lipinski definition) is 0. The molecule has 0 saturated heterocycles. The Morgan fingerprint density at radius 1 is 1.19 bits per heavy atom. The molecule has 0 unspecified atom stereocenters. The minimum Gasteiger partial charge on any atom is -0.489 e. The Labute approximate surface area is 94.5 Å². The predicted octanol–water partition coefficient (Wildman–Crippen LogP) is 1.59. The van der Waals surface area contributed by atoms with Gasteiger partial charge in [-0.3, -0.25) is 4.98 Å². The van der Waals surface area contributed by atoms with Crippen LogP contribution in [0.25, 0.3) is 0 Å². The Morgan fingerprint density at radius 3 is 2.62 bits per heavy atom. The van der Waals surface area contributed by atoms with Crippen molar-refractivity contribution < 1.29 is 9.13 Å². The summed E-state index contributed by atoms with van der Waals surface area (Å²) in [6.07, 6.45) is 3.37. The van der Waals surface area contributed by atoms with Gasteiger partial charge in [0.1, 0.15) is 26.0 Å². The Hall–Kier alpha value is -1.84. The van der Waals surface area contributed by atoms with E-state index in [0.717, 1.165) is 5.56 Å². The van der Waals surface area contributed by atoms with E-state index in [-0.39, 0.29) is 5.46 Å². The maximum absolute atomic E-state index is 13.1. The molecule has 0 aliphatic heterocycles. The van der Waals surface area contributed by atoms with Gasteiger partial charge in [-0.1, -0.05) is 11.5 Å². The van der Waals surface area contributed by atoms with Crippen molar-refractivity contribution >= 4 is 13.3 Å². The first kappa shape index (κ1) is 10.7. The van der Waals surface area contributed by atoms with Crippen LogP contribution in [-0.2, 0) is 6.61 Å². The van der Waals surface area contributed by atoms with Crippen molar-refractivity contribution in [2.45, 2.75) is 6.61 Å². The van der Waals surface area contributed by atoms with Crippen LogP contribution in [0.5, 0.6) is 5.75 Å². The third kappa shape index (κ3) is 2.60. The quantitative estimate of drug-likeness (QED) is 0.722. The van der Waals surface area contributed by atoms with E-state index in [1.807, 2.05) is 12.1 Å². The van der Waals surface area contributed by atoms with Crippen molar-refractivity contribution in [3.63, 3.8) is 0 Å². The molecule has 0 N–H and O–H groups in total. The lowest BCUT2D eigenvalue weighted by molar-refractivity contribution is 0.304. The Bertz CT molecular complexity index is 476. The van der Waals surface area contributed by atoms with Crippen molar-refractivity contribution in [3.05, 3.63) is 54.1 Å². The van der Waals surface area contributed by atoms with Crippen LogP contribution in [0.15, 0.2) is 42.7 Å². The molecule has 0 aliphatic carbocycles. The molecule has 1 heterocycles. The molecule has 0 aliphatic rings. The zero-order valence-corrected chi connectivity index (χ0v) is 8.56. The fourth-order valence-electron chi connectivity index (χ4n) is 1.24. The average molecular weight is 213 g/mol. The van der Waals surface area contributed by atoms with Gasteiger partial charge in [-0.25, -0.2) is 4.39 Å². The lowest BCUT2D eigenvalue weighted by Crippen LogP contribution is -2.07. The SMILES string of the molecule is [B]c1ccc(OCc2ccncc2)cc1F. The van der Waals surface area contributed by atoms with Gasteiger partial charge in [-0.2, -0.15) is 0 Å². The van der Waals surface area contributed by atoms with Crippen LogP contribution in [0.1, 0.15) is 5.56 Å². The maximum Gasteiger partial charge on any atom is 0.122 e. The summed E-state index contributed by atoms with van der Waals surface area (Å²) in [5.74, 6) is -0.00394. The second-order valence-electron chi connectivity index (χ2n) is 3.33. The monoisotopic (exact) mass is 213 g/mol. The molecule has 16 heavy (non-hydrogen) atoms. The molecule has 2 radical (unpaired) electrons. The fourth-order valence-corrected chi connectivity index (χ4v) is 1.24. The standard InChI is InChI=1S/C12H9BFNO/c13-11-2-1-10(7-12(11)14)16-8-9-3-5-15-6-4-9/h1-7H,8H2. The zero-order valence-electron chi connectivity index (χ0n) is 8.56. The van der Waals surface area contributed by atoms with E-state index in [9.17, 15) is 4.39 Å². The molecule has 4 heteroatoms. The lowest BCUT2D eigenvalue weighted by atomic mass is 9.96. The van der Waals surface area contributed by atoms with Crippen molar-refractivity contribution in [1.82, 2.24) is 4.98 Å². The van der Waals surface area contributed by atoms with E-state index in [1.165, 1.54) is 12.1 Å². The molecule has 0 atom stereocenters. The van der Waals surface area contributed by atoms with E-state index in [2.05, 4.69) is 4.98 Å². The molecule has 0 fully saturated rings. The minimum atomic E-state index is -0.466. The first-order valence-electron chi connectivity index (χ1n) is 4.82. The van der Waals surface area contributed by atoms with Gasteiger partial charge in [0.2, 0.25) is 0 Å². The number of aromatic nitrogens is 1. The number of halogens is 1. The molecular weight excluding hydrogens is 204 g/mol. The molecule has 0 spiro atoms. The maximum atomic E-state index is 13.1. The molecular formula is C12H9BFNO. The largest absolute Gasteiger partial charge is 0.489 e. The van der Waals surface area contributed by atoms with Gasteiger partial charge in [-0.05, 0) is 23.8 Å². The summed E-state index contributed by atoms with van der Waals surface area (Å²) in [6, 6.07) is 8.08. The van der Waals surface area contributed by atoms with Crippen molar-refractivity contribution in [1.29, 1.82) is 0 Å². The lowest BCUT2D eigenvalue weighted by Gasteiger charge is -2.06. The molecule has 2 nitrogen and oxygen atoms in total. The average Bonchev–Trinajstić information content (AvgIpc) is 2.32. The van der Waals surface area contributed by atoms with Gasteiger partial charge in [0, 0.05) is 18.5 Å². The van der Waals surface area contributed by atoms with Crippen LogP contribution in [0, 0.1) is 5.82 Å². The van der Waals surface area contributed by atoms with Gasteiger partial charge < -0.3 is 4.74 Å². The Balaban J connectivity index is 2.03. The highest BCUT2D eigenvalue weighted by Crippen LogP contribution is 2.12. The number of ether oxygens (including phenoxy) is 1. The predicted molar refractivity (Wildman–Crippen MR) is 60.4 cm³/mol. The van der Waals surface area contributed by atoms with Gasteiger partial charge in [0.25, 0.3) is 0 Å². The normalized spacial score (nSPS) is 10.1. The number of nitrogens with zero attached hydrogens (tertiary/aromatic N) is 1. The third-order valence-electron chi connectivity index (χ3n) is 2.13. The molecule has 2 aromatic rings. The highest BCUT2D eigenvalue weighted by molar-refractivity contribution is 6.32. The van der Waals surface area contributed by atoms with E-state index < -0.39 is 5.82 Å². The van der Waals surface area contributed by atoms with E-state index in [1.54, 1.807) is 18.5 Å². The third-order valence-corrected chi connectivity index (χ3v) is 2.13. The molecule has 0 bridgehead atoms. The summed E-state index contributed by atoms with van der Waals surface area (Å²) in [4.78, 5) is 3.89. The first-order valence-corrected chi connectivity index (χ1v) is 4.82. The number of pyridine rings is 1. The van der Waals surface area contributed by atoms with Gasteiger partial charge >= 0.3 is 0 Å². The van der Waals surface area contributed by atoms with Crippen LogP contribution >= 0.6 is 0 Å². The topological polar surface area (TPSA) is 22.1 Å². The first-order chi connectivity index (χ1) is 7.75. The van der Waals surface area contributed by atoms with Crippen LogP contribution < -0.4 is 10.2 Å². The summed E-state index contributed by atoms with van der Waals surface area (Å²) in [7, 11) is 5.36. The molecule has 78 valence electrons. The molecule has 0 amide bonds. The van der Waals surface area contributed by atoms with E-state index in [0.29, 0.717) is 12.4 Å². The minimum absolute atomic E-state index is 0.122. The van der Waals surface area contributed by atoms with Gasteiger partial charge in [-0.15, -0.1) is 0 Å². The summed E-state index contributed by atoms with van der Waals surface area (Å²) in [6.45, 7) is 0.381. The molecule has 1 aromatic heterocycles. The van der Waals surface area contributed by atoms with Crippen LogP contribution in [-0.4, -0.2) is 12.8 Å². The van der Waals surface area contributed by atoms with Gasteiger partial charge in [0.15, 0.2) is 0 Å². The molecule has 0 saturated carbocycles. The van der Waals surface area contributed by atoms with Crippen LogP contribution in [0.4, 0.5) is 4.39 Å². The smallest absolute Gasteiger partial charge is 0.122 e. The number of rotatable bonds is 3. The number of benzene rings is 1. The Morgan fingerprint density at radius 2 is 1.94 bits per heavy atom. The summed E-state index contributed by atoms with van der Waals surface area (Å²) in [5, 5.41) is 0. The summed E-state index contributed by atoms with van der Waals surface area (Å²) < 4.78 is 18.5. The number of hydrogen-bond acceptors (Lipinski definition) is 2. The summed E-state index contributed by atoms with van der Waals surface area (Å²) >= 11 is 0. The second kappa shape index (κ2) is 4.79. The van der Waals surface area contributed by atoms with Crippen molar-refractivity contribution in [2.24, 2.45) is 0 Å². The van der Waals surface area contributed by atoms with Crippen LogP contribution in [0.2, 0.25) is 0 Å². The van der Waals surface area contributed by atoms with E-state index >= 15 is 0 Å². The Kier molecular flexibility index (Phi) is 3.20. The fraction of sp³-hybridized carbons (Fsp3) is 0.0833. The van der Waals surface area contributed by atoms with Crippen LogP contribution in [0.3, 0.4) is 0 Å². The highest BCUT2D eigenvalue weighted by Gasteiger charge is 2.00.